The van der Waals surface area contributed by atoms with E-state index in [1.807, 2.05) is 24.3 Å². The molecule has 0 saturated carbocycles. The summed E-state index contributed by atoms with van der Waals surface area (Å²) >= 11 is 5.91. The van der Waals surface area contributed by atoms with Gasteiger partial charge in [-0.05, 0) is 54.8 Å². The Morgan fingerprint density at radius 3 is 2.22 bits per heavy atom. The molecule has 0 aromatic heterocycles. The van der Waals surface area contributed by atoms with Crippen molar-refractivity contribution < 1.29 is 13.2 Å². The van der Waals surface area contributed by atoms with Crippen LogP contribution < -0.4 is 10.5 Å². The maximum atomic E-state index is 12.5. The summed E-state index contributed by atoms with van der Waals surface area (Å²) in [6.45, 7) is 2.46. The Kier molecular flexibility index (Phi) is 6.16. The van der Waals surface area contributed by atoms with E-state index in [1.165, 1.54) is 29.8 Å². The van der Waals surface area contributed by atoms with Crippen LogP contribution in [0.5, 0.6) is 0 Å². The lowest BCUT2D eigenvalue weighted by atomic mass is 10.1. The lowest BCUT2D eigenvalue weighted by Crippen LogP contribution is -2.44. The van der Waals surface area contributed by atoms with Crippen molar-refractivity contribution in [2.24, 2.45) is 5.73 Å². The third kappa shape index (κ3) is 5.29. The Balaban J connectivity index is 1.54. The van der Waals surface area contributed by atoms with E-state index in [0.29, 0.717) is 0 Å². The predicted molar refractivity (Wildman–Crippen MR) is 105 cm³/mol. The minimum absolute atomic E-state index is 0.104. The van der Waals surface area contributed by atoms with Crippen molar-refractivity contribution in [2.45, 2.75) is 30.3 Å². The lowest BCUT2D eigenvalue weighted by molar-refractivity contribution is 0.1000. The second-order valence-electron chi connectivity index (χ2n) is 6.69. The first-order valence-electron chi connectivity index (χ1n) is 8.72. The largest absolute Gasteiger partial charge is 0.366 e. The summed E-state index contributed by atoms with van der Waals surface area (Å²) in [6, 6.07) is 13.3. The molecular weight excluding hydrogens is 386 g/mol. The fourth-order valence-electron chi connectivity index (χ4n) is 3.14. The van der Waals surface area contributed by atoms with Crippen LogP contribution in [0, 0.1) is 0 Å². The van der Waals surface area contributed by atoms with Crippen molar-refractivity contribution in [3.05, 3.63) is 64.7 Å². The van der Waals surface area contributed by atoms with Gasteiger partial charge >= 0.3 is 0 Å². The third-order valence-electron chi connectivity index (χ3n) is 4.68. The lowest BCUT2D eigenvalue weighted by Gasteiger charge is -2.32. The quantitative estimate of drug-likeness (QED) is 0.768. The first-order chi connectivity index (χ1) is 12.8. The first kappa shape index (κ1) is 19.8. The summed E-state index contributed by atoms with van der Waals surface area (Å²) in [5, 5.41) is 0.718. The highest BCUT2D eigenvalue weighted by Gasteiger charge is 2.24. The second-order valence-corrected chi connectivity index (χ2v) is 8.84. The van der Waals surface area contributed by atoms with Gasteiger partial charge in [-0.2, -0.15) is 0 Å². The zero-order valence-electron chi connectivity index (χ0n) is 14.8. The Hall–Kier alpha value is -1.93. The van der Waals surface area contributed by atoms with E-state index < -0.39 is 15.9 Å². The summed E-state index contributed by atoms with van der Waals surface area (Å²) in [5.74, 6) is -0.583. The summed E-state index contributed by atoms with van der Waals surface area (Å²) in [7, 11) is -3.62. The molecule has 3 rings (SSSR count). The van der Waals surface area contributed by atoms with Gasteiger partial charge in [-0.1, -0.05) is 23.7 Å². The molecule has 0 bridgehead atoms. The van der Waals surface area contributed by atoms with Gasteiger partial charge in [-0.15, -0.1) is 0 Å². The number of sulfonamides is 1. The molecule has 1 fully saturated rings. The standard InChI is InChI=1S/C19H22ClN3O3S/c20-16-5-1-14(2-6-16)13-23-11-9-17(10-12-23)22-27(25,26)18-7-3-15(4-8-18)19(21)24/h1-8,17,22H,9-13H2,(H2,21,24). The van der Waals surface area contributed by atoms with E-state index in [1.54, 1.807) is 0 Å². The predicted octanol–water partition coefficient (Wildman–Crippen LogP) is 2.38. The fourth-order valence-corrected chi connectivity index (χ4v) is 4.57. The zero-order valence-corrected chi connectivity index (χ0v) is 16.3. The number of halogens is 1. The zero-order chi connectivity index (χ0) is 19.4. The molecule has 1 saturated heterocycles. The van der Waals surface area contributed by atoms with Crippen LogP contribution in [0.15, 0.2) is 53.4 Å². The van der Waals surface area contributed by atoms with E-state index in [4.69, 9.17) is 17.3 Å². The van der Waals surface area contributed by atoms with Gasteiger partial charge in [-0.25, -0.2) is 13.1 Å². The van der Waals surface area contributed by atoms with E-state index in [0.717, 1.165) is 37.5 Å². The number of benzene rings is 2. The average molecular weight is 408 g/mol. The van der Waals surface area contributed by atoms with Crippen LogP contribution in [-0.4, -0.2) is 38.4 Å². The Labute approximate surface area is 164 Å². The Morgan fingerprint density at radius 1 is 1.07 bits per heavy atom. The van der Waals surface area contributed by atoms with Crippen LogP contribution in [0.2, 0.25) is 5.02 Å². The van der Waals surface area contributed by atoms with Crippen molar-refractivity contribution in [3.8, 4) is 0 Å². The normalized spacial score (nSPS) is 16.3. The van der Waals surface area contributed by atoms with E-state index >= 15 is 0 Å². The van der Waals surface area contributed by atoms with Gasteiger partial charge in [-0.3, -0.25) is 9.69 Å². The number of primary amides is 1. The number of nitrogens with zero attached hydrogens (tertiary/aromatic N) is 1. The van der Waals surface area contributed by atoms with Gasteiger partial charge in [0.15, 0.2) is 0 Å². The number of rotatable bonds is 6. The van der Waals surface area contributed by atoms with Crippen LogP contribution >= 0.6 is 11.6 Å². The summed E-state index contributed by atoms with van der Waals surface area (Å²) in [4.78, 5) is 13.5. The highest BCUT2D eigenvalue weighted by Crippen LogP contribution is 2.18. The molecule has 0 spiro atoms. The molecule has 2 aromatic rings. The number of piperidine rings is 1. The van der Waals surface area contributed by atoms with E-state index in [9.17, 15) is 13.2 Å². The summed E-state index contributed by atoms with van der Waals surface area (Å²) in [6.07, 6.45) is 1.48. The SMILES string of the molecule is NC(=O)c1ccc(S(=O)(=O)NC2CCN(Cc3ccc(Cl)cc3)CC2)cc1. The number of amides is 1. The number of carbonyl (C=O) groups is 1. The fraction of sp³-hybridized carbons (Fsp3) is 0.316. The maximum Gasteiger partial charge on any atom is 0.248 e. The molecule has 2 aromatic carbocycles. The first-order valence-corrected chi connectivity index (χ1v) is 10.6. The molecule has 3 N–H and O–H groups in total. The molecule has 0 radical (unpaired) electrons. The van der Waals surface area contributed by atoms with Gasteiger partial charge in [0.25, 0.3) is 0 Å². The smallest absolute Gasteiger partial charge is 0.248 e. The molecule has 1 heterocycles. The molecule has 6 nitrogen and oxygen atoms in total. The molecule has 1 aliphatic heterocycles. The molecular formula is C19H22ClN3O3S. The van der Waals surface area contributed by atoms with Gasteiger partial charge in [0.2, 0.25) is 15.9 Å². The monoisotopic (exact) mass is 407 g/mol. The van der Waals surface area contributed by atoms with Gasteiger partial charge < -0.3 is 5.73 Å². The summed E-state index contributed by atoms with van der Waals surface area (Å²) in [5.41, 5.74) is 6.65. The summed E-state index contributed by atoms with van der Waals surface area (Å²) < 4.78 is 27.8. The minimum atomic E-state index is -3.62. The van der Waals surface area contributed by atoms with Crippen LogP contribution in [-0.2, 0) is 16.6 Å². The van der Waals surface area contributed by atoms with Crippen molar-refractivity contribution in [2.75, 3.05) is 13.1 Å². The van der Waals surface area contributed by atoms with Gasteiger partial charge in [0.05, 0.1) is 4.90 Å². The van der Waals surface area contributed by atoms with Gasteiger partial charge in [0.1, 0.15) is 0 Å². The number of nitrogens with one attached hydrogen (secondary N) is 1. The molecule has 144 valence electrons. The molecule has 0 atom stereocenters. The highest BCUT2D eigenvalue weighted by molar-refractivity contribution is 7.89. The average Bonchev–Trinajstić information content (AvgIpc) is 2.65. The maximum absolute atomic E-state index is 12.5. The van der Waals surface area contributed by atoms with Gasteiger partial charge in [0, 0.05) is 36.3 Å². The number of nitrogens with two attached hydrogens (primary N) is 1. The highest BCUT2D eigenvalue weighted by atomic mass is 35.5. The second kappa shape index (κ2) is 8.39. The number of likely N-dealkylation sites (tertiary alicyclic amines) is 1. The van der Waals surface area contributed by atoms with Crippen LogP contribution in [0.1, 0.15) is 28.8 Å². The van der Waals surface area contributed by atoms with Crippen molar-refractivity contribution in [1.82, 2.24) is 9.62 Å². The molecule has 8 heteroatoms. The van der Waals surface area contributed by atoms with Crippen molar-refractivity contribution in [1.29, 1.82) is 0 Å². The number of carbonyl (C=O) groups excluding carboxylic acids is 1. The van der Waals surface area contributed by atoms with Crippen LogP contribution in [0.4, 0.5) is 0 Å². The van der Waals surface area contributed by atoms with Crippen LogP contribution in [0.3, 0.4) is 0 Å². The van der Waals surface area contributed by atoms with Crippen molar-refractivity contribution in [3.63, 3.8) is 0 Å². The topological polar surface area (TPSA) is 92.5 Å². The van der Waals surface area contributed by atoms with Crippen molar-refractivity contribution >= 4 is 27.5 Å². The van der Waals surface area contributed by atoms with E-state index in [2.05, 4.69) is 9.62 Å². The van der Waals surface area contributed by atoms with Crippen LogP contribution in [0.25, 0.3) is 0 Å². The van der Waals surface area contributed by atoms with E-state index in [-0.39, 0.29) is 16.5 Å². The third-order valence-corrected chi connectivity index (χ3v) is 6.47. The Morgan fingerprint density at radius 2 is 1.67 bits per heavy atom. The molecule has 1 amide bonds. The Bertz CT molecular complexity index is 891. The molecule has 27 heavy (non-hydrogen) atoms. The minimum Gasteiger partial charge on any atom is -0.366 e. The molecule has 0 aliphatic carbocycles. The number of hydrogen-bond donors (Lipinski definition) is 2. The molecule has 0 unspecified atom stereocenters. The number of hydrogen-bond acceptors (Lipinski definition) is 4. The molecule has 1 aliphatic rings.